The summed E-state index contributed by atoms with van der Waals surface area (Å²) in [4.78, 5) is 12.0. The van der Waals surface area contributed by atoms with Gasteiger partial charge >= 0.3 is 0 Å². The second-order valence-electron chi connectivity index (χ2n) is 7.74. The summed E-state index contributed by atoms with van der Waals surface area (Å²) in [6.07, 6.45) is 4.33. The van der Waals surface area contributed by atoms with Gasteiger partial charge in [-0.25, -0.2) is 0 Å². The smallest absolute Gasteiger partial charge is 0.281 e. The maximum Gasteiger partial charge on any atom is 0.281 e. The molecular weight excluding hydrogens is 342 g/mol. The normalized spacial score (nSPS) is 28.3. The molecule has 1 unspecified atom stereocenters. The van der Waals surface area contributed by atoms with Crippen LogP contribution in [-0.2, 0) is 19.7 Å². The average molecular weight is 374 g/mol. The van der Waals surface area contributed by atoms with Gasteiger partial charge in [0.2, 0.25) is 5.91 Å². The fraction of sp³-hybridized carbons (Fsp3) is 0.941. The predicted octanol–water partition coefficient (Wildman–Crippen LogP) is 0.828. The molecule has 0 spiro atoms. The molecule has 0 aromatic rings. The fourth-order valence-corrected chi connectivity index (χ4v) is 5.52. The Morgan fingerprint density at radius 2 is 1.64 bits per heavy atom. The van der Waals surface area contributed by atoms with E-state index in [1.165, 1.54) is 0 Å². The molecule has 0 aromatic heterocycles. The summed E-state index contributed by atoms with van der Waals surface area (Å²) in [6, 6.07) is 0. The van der Waals surface area contributed by atoms with Crippen LogP contribution in [0, 0.1) is 17.8 Å². The van der Waals surface area contributed by atoms with Crippen molar-refractivity contribution in [3.8, 4) is 0 Å². The van der Waals surface area contributed by atoms with Crippen LogP contribution in [0.4, 0.5) is 0 Å². The van der Waals surface area contributed by atoms with Gasteiger partial charge in [-0.05, 0) is 43.9 Å². The minimum atomic E-state index is -3.31. The Morgan fingerprint density at radius 1 is 1.04 bits per heavy atom. The summed E-state index contributed by atoms with van der Waals surface area (Å²) in [5, 5.41) is 3.02. The van der Waals surface area contributed by atoms with Crippen LogP contribution in [0.25, 0.3) is 0 Å². The highest BCUT2D eigenvalue weighted by molar-refractivity contribution is 7.86. The lowest BCUT2D eigenvalue weighted by molar-refractivity contribution is -0.125. The van der Waals surface area contributed by atoms with Crippen LogP contribution in [-0.4, -0.2) is 68.9 Å². The quantitative estimate of drug-likeness (QED) is 0.774. The third-order valence-corrected chi connectivity index (χ3v) is 7.87. The van der Waals surface area contributed by atoms with Gasteiger partial charge in [0.1, 0.15) is 0 Å². The van der Waals surface area contributed by atoms with Crippen molar-refractivity contribution in [1.29, 1.82) is 0 Å². The topological polar surface area (TPSA) is 79.0 Å². The monoisotopic (exact) mass is 373 g/mol. The summed E-state index contributed by atoms with van der Waals surface area (Å²) >= 11 is 0. The van der Waals surface area contributed by atoms with Gasteiger partial charge in [-0.1, -0.05) is 6.92 Å². The van der Waals surface area contributed by atoms with Gasteiger partial charge in [-0.3, -0.25) is 4.79 Å². The molecule has 1 N–H and O–H groups in total. The van der Waals surface area contributed by atoms with Gasteiger partial charge < -0.3 is 10.1 Å². The third-order valence-electron chi connectivity index (χ3n) is 5.83. The molecule has 25 heavy (non-hydrogen) atoms. The van der Waals surface area contributed by atoms with E-state index >= 15 is 0 Å². The Balaban J connectivity index is 1.42. The van der Waals surface area contributed by atoms with Crippen LogP contribution in [0.15, 0.2) is 0 Å². The summed E-state index contributed by atoms with van der Waals surface area (Å²) in [6.45, 7) is 6.42. The molecule has 3 fully saturated rings. The van der Waals surface area contributed by atoms with Crippen LogP contribution < -0.4 is 5.32 Å². The average Bonchev–Trinajstić information content (AvgIpc) is 3.15. The highest BCUT2D eigenvalue weighted by atomic mass is 32.2. The summed E-state index contributed by atoms with van der Waals surface area (Å²) in [7, 11) is -3.31. The molecule has 3 aliphatic heterocycles. The van der Waals surface area contributed by atoms with Gasteiger partial charge in [0, 0.05) is 39.3 Å². The van der Waals surface area contributed by atoms with E-state index in [0.29, 0.717) is 57.8 Å². The predicted molar refractivity (Wildman–Crippen MR) is 95.1 cm³/mol. The number of rotatable bonds is 5. The van der Waals surface area contributed by atoms with Gasteiger partial charge in [0.25, 0.3) is 10.2 Å². The zero-order chi connectivity index (χ0) is 17.9. The first-order chi connectivity index (χ1) is 12.0. The maximum atomic E-state index is 12.8. The molecule has 0 aliphatic carbocycles. The van der Waals surface area contributed by atoms with Crippen LogP contribution in [0.2, 0.25) is 0 Å². The van der Waals surface area contributed by atoms with Gasteiger partial charge in [0.05, 0.1) is 12.5 Å². The van der Waals surface area contributed by atoms with E-state index in [1.807, 2.05) is 0 Å². The van der Waals surface area contributed by atoms with E-state index in [4.69, 9.17) is 4.74 Å². The second kappa shape index (κ2) is 8.33. The molecule has 0 bridgehead atoms. The first-order valence-corrected chi connectivity index (χ1v) is 11.0. The number of carbonyl (C=O) groups is 1. The molecule has 8 heteroatoms. The van der Waals surface area contributed by atoms with E-state index < -0.39 is 10.2 Å². The molecule has 0 aromatic carbocycles. The lowest BCUT2D eigenvalue weighted by atomic mass is 9.98. The standard InChI is InChI=1S/C17H31N3O4S/c1-14-2-7-19(8-3-14)25(22,23)20-9-4-15(5-10-20)12-18-17(21)16-6-11-24-13-16/h14-16H,2-13H2,1H3,(H,18,21). The largest absolute Gasteiger partial charge is 0.381 e. The molecule has 7 nitrogen and oxygen atoms in total. The zero-order valence-electron chi connectivity index (χ0n) is 15.2. The molecule has 0 radical (unpaired) electrons. The van der Waals surface area contributed by atoms with E-state index in [-0.39, 0.29) is 11.8 Å². The Hall–Kier alpha value is -0.700. The van der Waals surface area contributed by atoms with E-state index in [2.05, 4.69) is 12.2 Å². The molecule has 3 aliphatic rings. The molecule has 144 valence electrons. The number of hydrogen-bond acceptors (Lipinski definition) is 4. The zero-order valence-corrected chi connectivity index (χ0v) is 16.0. The van der Waals surface area contributed by atoms with E-state index in [1.54, 1.807) is 8.61 Å². The molecule has 3 heterocycles. The number of ether oxygens (including phenoxy) is 1. The second-order valence-corrected chi connectivity index (χ2v) is 9.67. The van der Waals surface area contributed by atoms with Crippen molar-refractivity contribution < 1.29 is 17.9 Å². The summed E-state index contributed by atoms with van der Waals surface area (Å²) in [5.41, 5.74) is 0. The molecule has 1 atom stereocenters. The lowest BCUT2D eigenvalue weighted by Crippen LogP contribution is -2.50. The molecule has 0 saturated carbocycles. The Bertz CT molecular complexity index is 546. The number of nitrogens with one attached hydrogen (secondary N) is 1. The molecule has 3 rings (SSSR count). The molecule has 3 saturated heterocycles. The third kappa shape index (κ3) is 4.72. The van der Waals surface area contributed by atoms with Crippen LogP contribution >= 0.6 is 0 Å². The Labute approximate surface area is 151 Å². The van der Waals surface area contributed by atoms with E-state index in [9.17, 15) is 13.2 Å². The van der Waals surface area contributed by atoms with Crippen LogP contribution in [0.3, 0.4) is 0 Å². The number of carbonyl (C=O) groups excluding carboxylic acids is 1. The highest BCUT2D eigenvalue weighted by Gasteiger charge is 2.34. The first-order valence-electron chi connectivity index (χ1n) is 9.57. The number of hydrogen-bond donors (Lipinski definition) is 1. The van der Waals surface area contributed by atoms with Crippen molar-refractivity contribution in [3.63, 3.8) is 0 Å². The van der Waals surface area contributed by atoms with Gasteiger partial charge in [-0.2, -0.15) is 17.0 Å². The minimum absolute atomic E-state index is 0.0121. The Morgan fingerprint density at radius 3 is 2.20 bits per heavy atom. The van der Waals surface area contributed by atoms with Gasteiger partial charge in [-0.15, -0.1) is 0 Å². The Kier molecular flexibility index (Phi) is 6.35. The van der Waals surface area contributed by atoms with Crippen molar-refractivity contribution >= 4 is 16.1 Å². The van der Waals surface area contributed by atoms with Crippen molar-refractivity contribution in [2.75, 3.05) is 45.9 Å². The number of piperidine rings is 2. The number of nitrogens with zero attached hydrogens (tertiary/aromatic N) is 2. The molecule has 1 amide bonds. The first kappa shape index (κ1) is 19.1. The van der Waals surface area contributed by atoms with Crippen molar-refractivity contribution in [2.45, 2.75) is 39.0 Å². The van der Waals surface area contributed by atoms with Gasteiger partial charge in [0.15, 0.2) is 0 Å². The SMILES string of the molecule is CC1CCN(S(=O)(=O)N2CCC(CNC(=O)C3CCOC3)CC2)CC1. The van der Waals surface area contributed by atoms with E-state index in [0.717, 1.165) is 32.1 Å². The summed E-state index contributed by atoms with van der Waals surface area (Å²) in [5.74, 6) is 1.04. The highest BCUT2D eigenvalue weighted by Crippen LogP contribution is 2.25. The fourth-order valence-electron chi connectivity index (χ4n) is 3.85. The lowest BCUT2D eigenvalue weighted by Gasteiger charge is -2.37. The van der Waals surface area contributed by atoms with Crippen LogP contribution in [0.1, 0.15) is 39.0 Å². The maximum absolute atomic E-state index is 12.8. The van der Waals surface area contributed by atoms with Crippen molar-refractivity contribution in [2.24, 2.45) is 17.8 Å². The molecular formula is C17H31N3O4S. The van der Waals surface area contributed by atoms with Crippen molar-refractivity contribution in [3.05, 3.63) is 0 Å². The minimum Gasteiger partial charge on any atom is -0.381 e. The van der Waals surface area contributed by atoms with Crippen LogP contribution in [0.5, 0.6) is 0 Å². The summed E-state index contributed by atoms with van der Waals surface area (Å²) < 4.78 is 34.1. The number of amides is 1. The van der Waals surface area contributed by atoms with Crippen molar-refractivity contribution in [1.82, 2.24) is 13.9 Å².